The number of nitrogens with one attached hydrogen (secondary N) is 1. The molecule has 3 nitrogen and oxygen atoms in total. The lowest BCUT2D eigenvalue weighted by Crippen LogP contribution is -2.17. The van der Waals surface area contributed by atoms with Crippen molar-refractivity contribution in [1.29, 1.82) is 0 Å². The first-order chi connectivity index (χ1) is 6.16. The van der Waals surface area contributed by atoms with Crippen LogP contribution in [0, 0.1) is 0 Å². The summed E-state index contributed by atoms with van der Waals surface area (Å²) in [5.41, 5.74) is 0. The molecular weight excluding hydrogens is 184 g/mol. The number of fused-ring (bicyclic) bond motifs is 1. The smallest absolute Gasteiger partial charge is 0.225 e. The van der Waals surface area contributed by atoms with Crippen LogP contribution in [0.3, 0.4) is 0 Å². The summed E-state index contributed by atoms with van der Waals surface area (Å²) in [6, 6.07) is 0. The van der Waals surface area contributed by atoms with Crippen LogP contribution in [0.25, 0.3) is 0 Å². The number of aryl methyl sites for hydroxylation is 1. The van der Waals surface area contributed by atoms with Crippen molar-refractivity contribution in [3.8, 4) is 0 Å². The number of amides is 1. The van der Waals surface area contributed by atoms with Crippen molar-refractivity contribution in [3.05, 3.63) is 9.88 Å². The topological polar surface area (TPSA) is 42.0 Å². The second-order valence-corrected chi connectivity index (χ2v) is 4.64. The molecule has 1 aromatic heterocycles. The van der Waals surface area contributed by atoms with E-state index in [0.717, 1.165) is 17.2 Å². The van der Waals surface area contributed by atoms with Gasteiger partial charge in [-0.1, -0.05) is 13.8 Å². The number of hydrogen-bond donors (Lipinski definition) is 1. The van der Waals surface area contributed by atoms with E-state index in [4.69, 9.17) is 0 Å². The zero-order valence-electron chi connectivity index (χ0n) is 7.76. The summed E-state index contributed by atoms with van der Waals surface area (Å²) in [6.07, 6.45) is 1.46. The summed E-state index contributed by atoms with van der Waals surface area (Å²) >= 11 is 1.72. The third-order valence-electron chi connectivity index (χ3n) is 2.04. The average molecular weight is 196 g/mol. The number of anilines is 1. The second kappa shape index (κ2) is 3.10. The number of hydrogen-bond acceptors (Lipinski definition) is 3. The predicted octanol–water partition coefficient (Wildman–Crippen LogP) is 2.15. The van der Waals surface area contributed by atoms with Crippen molar-refractivity contribution >= 4 is 23.1 Å². The number of thiazole rings is 1. The van der Waals surface area contributed by atoms with Gasteiger partial charge in [-0.15, -0.1) is 11.3 Å². The minimum absolute atomic E-state index is 0.0908. The standard InChI is InChI=1S/C9H12N2OS/c1-5(2)9-11-8-6(13-9)3-4-7(12)10-8/h5H,3-4H2,1-2H3,(H,10,12). The Kier molecular flexibility index (Phi) is 2.07. The van der Waals surface area contributed by atoms with Gasteiger partial charge < -0.3 is 5.32 Å². The van der Waals surface area contributed by atoms with Gasteiger partial charge in [0.25, 0.3) is 0 Å². The molecule has 0 atom stereocenters. The molecule has 1 N–H and O–H groups in total. The highest BCUT2D eigenvalue weighted by molar-refractivity contribution is 7.12. The lowest BCUT2D eigenvalue weighted by Gasteiger charge is -2.09. The monoisotopic (exact) mass is 196 g/mol. The quantitative estimate of drug-likeness (QED) is 0.747. The van der Waals surface area contributed by atoms with Crippen LogP contribution in [-0.4, -0.2) is 10.9 Å². The fourth-order valence-corrected chi connectivity index (χ4v) is 2.33. The summed E-state index contributed by atoms with van der Waals surface area (Å²) in [5.74, 6) is 1.34. The second-order valence-electron chi connectivity index (χ2n) is 3.53. The van der Waals surface area contributed by atoms with Crippen LogP contribution in [0.1, 0.15) is 36.1 Å². The van der Waals surface area contributed by atoms with Crippen LogP contribution in [0.5, 0.6) is 0 Å². The Morgan fingerprint density at radius 1 is 1.46 bits per heavy atom. The molecule has 0 aromatic carbocycles. The summed E-state index contributed by atoms with van der Waals surface area (Å²) in [6.45, 7) is 4.23. The summed E-state index contributed by atoms with van der Waals surface area (Å²) in [4.78, 5) is 16.7. The maximum Gasteiger partial charge on any atom is 0.225 e. The molecule has 0 saturated carbocycles. The summed E-state index contributed by atoms with van der Waals surface area (Å²) in [5, 5.41) is 3.91. The van der Waals surface area contributed by atoms with Gasteiger partial charge >= 0.3 is 0 Å². The molecule has 0 unspecified atom stereocenters. The predicted molar refractivity (Wildman–Crippen MR) is 53.2 cm³/mol. The minimum atomic E-state index is 0.0908. The third kappa shape index (κ3) is 1.58. The molecule has 2 rings (SSSR count). The van der Waals surface area contributed by atoms with Crippen molar-refractivity contribution in [2.45, 2.75) is 32.6 Å². The Morgan fingerprint density at radius 3 is 2.92 bits per heavy atom. The molecule has 13 heavy (non-hydrogen) atoms. The van der Waals surface area contributed by atoms with E-state index in [2.05, 4.69) is 24.1 Å². The fourth-order valence-electron chi connectivity index (χ4n) is 1.31. The average Bonchev–Trinajstić information content (AvgIpc) is 2.46. The van der Waals surface area contributed by atoms with Crippen molar-refractivity contribution in [2.75, 3.05) is 5.32 Å². The SMILES string of the molecule is CC(C)c1nc2c(s1)CCC(=O)N2. The van der Waals surface area contributed by atoms with Gasteiger partial charge in [0.05, 0.1) is 5.01 Å². The summed E-state index contributed by atoms with van der Waals surface area (Å²) in [7, 11) is 0. The molecular formula is C9H12N2OS. The molecule has 0 fully saturated rings. The van der Waals surface area contributed by atoms with Crippen molar-refractivity contribution in [2.24, 2.45) is 0 Å². The van der Waals surface area contributed by atoms with E-state index in [9.17, 15) is 4.79 Å². The molecule has 1 aromatic rings. The highest BCUT2D eigenvalue weighted by Crippen LogP contribution is 2.31. The highest BCUT2D eigenvalue weighted by Gasteiger charge is 2.20. The van der Waals surface area contributed by atoms with E-state index in [1.54, 1.807) is 11.3 Å². The van der Waals surface area contributed by atoms with E-state index in [0.29, 0.717) is 12.3 Å². The fraction of sp³-hybridized carbons (Fsp3) is 0.556. The molecule has 2 heterocycles. The Hall–Kier alpha value is -0.900. The Morgan fingerprint density at radius 2 is 2.23 bits per heavy atom. The van der Waals surface area contributed by atoms with Crippen LogP contribution in [0.2, 0.25) is 0 Å². The van der Waals surface area contributed by atoms with Gasteiger partial charge in [0, 0.05) is 17.2 Å². The van der Waals surface area contributed by atoms with Gasteiger partial charge in [-0.3, -0.25) is 4.79 Å². The van der Waals surface area contributed by atoms with E-state index >= 15 is 0 Å². The van der Waals surface area contributed by atoms with Gasteiger partial charge in [-0.2, -0.15) is 0 Å². The maximum atomic E-state index is 11.1. The van der Waals surface area contributed by atoms with Crippen molar-refractivity contribution in [1.82, 2.24) is 4.98 Å². The molecule has 0 saturated heterocycles. The van der Waals surface area contributed by atoms with E-state index in [-0.39, 0.29) is 5.91 Å². The maximum absolute atomic E-state index is 11.1. The van der Waals surface area contributed by atoms with Crippen molar-refractivity contribution < 1.29 is 4.79 Å². The molecule has 0 spiro atoms. The largest absolute Gasteiger partial charge is 0.310 e. The van der Waals surface area contributed by atoms with Crippen molar-refractivity contribution in [3.63, 3.8) is 0 Å². The number of rotatable bonds is 1. The zero-order chi connectivity index (χ0) is 9.42. The lowest BCUT2D eigenvalue weighted by molar-refractivity contribution is -0.116. The molecule has 0 aliphatic carbocycles. The molecule has 0 bridgehead atoms. The van der Waals surface area contributed by atoms with Gasteiger partial charge in [-0.25, -0.2) is 4.98 Å². The van der Waals surface area contributed by atoms with Crippen LogP contribution < -0.4 is 5.32 Å². The third-order valence-corrected chi connectivity index (χ3v) is 3.46. The normalized spacial score (nSPS) is 15.8. The Balaban J connectivity index is 2.33. The van der Waals surface area contributed by atoms with Gasteiger partial charge in [0.15, 0.2) is 0 Å². The lowest BCUT2D eigenvalue weighted by atomic mass is 10.2. The number of nitrogens with zero attached hydrogens (tertiary/aromatic N) is 1. The zero-order valence-corrected chi connectivity index (χ0v) is 8.57. The van der Waals surface area contributed by atoms with E-state index in [1.807, 2.05) is 0 Å². The molecule has 1 aliphatic heterocycles. The minimum Gasteiger partial charge on any atom is -0.310 e. The van der Waals surface area contributed by atoms with Gasteiger partial charge in [0.2, 0.25) is 5.91 Å². The molecule has 4 heteroatoms. The molecule has 1 amide bonds. The first kappa shape index (κ1) is 8.69. The van der Waals surface area contributed by atoms with Gasteiger partial charge in [0.1, 0.15) is 5.82 Å². The Bertz CT molecular complexity index is 343. The molecule has 1 aliphatic rings. The van der Waals surface area contributed by atoms with Crippen LogP contribution in [0.4, 0.5) is 5.82 Å². The van der Waals surface area contributed by atoms with Crippen LogP contribution in [0.15, 0.2) is 0 Å². The number of aromatic nitrogens is 1. The summed E-state index contributed by atoms with van der Waals surface area (Å²) < 4.78 is 0. The Labute approximate surface area is 81.2 Å². The first-order valence-electron chi connectivity index (χ1n) is 4.46. The van der Waals surface area contributed by atoms with Crippen LogP contribution in [-0.2, 0) is 11.2 Å². The number of carbonyl (C=O) groups excluding carboxylic acids is 1. The van der Waals surface area contributed by atoms with Crippen LogP contribution >= 0.6 is 11.3 Å². The van der Waals surface area contributed by atoms with E-state index < -0.39 is 0 Å². The van der Waals surface area contributed by atoms with E-state index in [1.165, 1.54) is 4.88 Å². The molecule has 0 radical (unpaired) electrons. The number of carbonyl (C=O) groups is 1. The first-order valence-corrected chi connectivity index (χ1v) is 5.28. The van der Waals surface area contributed by atoms with Gasteiger partial charge in [-0.05, 0) is 6.42 Å². The highest BCUT2D eigenvalue weighted by atomic mass is 32.1. The molecule has 70 valence electrons.